The first kappa shape index (κ1) is 92.1. The van der Waals surface area contributed by atoms with Crippen LogP contribution in [-0.2, 0) is 28.8 Å². The smallest absolute Gasteiger partial charge is 0.475 e. The van der Waals surface area contributed by atoms with Crippen LogP contribution in [0.5, 0.6) is 0 Å². The average molecular weight is 1480 g/mol. The molecule has 0 radical (unpaired) electrons. The standard InChI is InChI=1S/C69H112N8O5.3C2HF3O2/c70-53-50-69(51-54-71,52-55-72)77-67(82)59-42-38-57(39-43-59)35-34-56-36-40-58(41-37-56)66(81)76-68(47-44-63(78)73-60-28-22-16-10-4-1-5-11-17-23-29-60,48-45-64(79)74-61-30-24-18-12-6-2-7-13-19-25-31-61)49-46-65(80)75-62-32-26-20-14-8-3-9-15-21-27-33-62;3*3-2(4,5)1(6)7/h36-43,60-62H,1-33,44-55,70-72H2,(H,73,78)(H,74,79)(H,75,80)(H,76,81)(H,77,82);3*(H,6,7). The van der Waals surface area contributed by atoms with Gasteiger partial charge in [0.05, 0.1) is 0 Å². The SMILES string of the molecule is NCCC(CCN)(CCN)NC(=O)c1ccc(C#Cc2ccc(C(=O)NC(CCC(=O)NC3CCCCCCCCCCC3)(CCC(=O)NC3CCCCCCCCCCC3)CCC(=O)NC3CCCCCCCCCCC3)cc2)cc1.O=C(O)C(F)(F)F.O=C(O)C(F)(F)F.O=C(O)C(F)(F)F. The molecule has 14 N–H and O–H groups in total. The summed E-state index contributed by atoms with van der Waals surface area (Å²) < 4.78 is 95.2. The molecular formula is C75H115F9N8O11. The Kier molecular flexibility index (Phi) is 45.8. The van der Waals surface area contributed by atoms with E-state index >= 15 is 0 Å². The number of alkyl halides is 9. The number of benzene rings is 2. The number of aliphatic carboxylic acids is 3. The minimum atomic E-state index is -5.08. The minimum Gasteiger partial charge on any atom is -0.475 e. The summed E-state index contributed by atoms with van der Waals surface area (Å²) in [5, 5.41) is 38.3. The van der Waals surface area contributed by atoms with Gasteiger partial charge in [0.25, 0.3) is 11.8 Å². The zero-order chi connectivity index (χ0) is 76.6. The van der Waals surface area contributed by atoms with Crippen LogP contribution < -0.4 is 43.8 Å². The average Bonchev–Trinajstić information content (AvgIpc) is 0.834. The van der Waals surface area contributed by atoms with Crippen molar-refractivity contribution in [3.05, 3.63) is 70.8 Å². The van der Waals surface area contributed by atoms with E-state index in [1.165, 1.54) is 135 Å². The second kappa shape index (κ2) is 51.2. The molecule has 3 aliphatic rings. The topological polar surface area (TPSA) is 335 Å². The van der Waals surface area contributed by atoms with Crippen molar-refractivity contribution in [3.63, 3.8) is 0 Å². The normalized spacial score (nSPS) is 16.7. The van der Waals surface area contributed by atoms with E-state index in [4.69, 9.17) is 46.9 Å². The number of nitrogens with one attached hydrogen (secondary N) is 5. The number of halogens is 9. The van der Waals surface area contributed by atoms with Crippen LogP contribution in [0.2, 0.25) is 0 Å². The zero-order valence-corrected chi connectivity index (χ0v) is 59.9. The summed E-state index contributed by atoms with van der Waals surface area (Å²) in [5.41, 5.74) is 18.5. The molecule has 19 nitrogen and oxygen atoms in total. The number of carboxylic acid groups (broad SMARTS) is 3. The Morgan fingerprint density at radius 2 is 0.515 bits per heavy atom. The number of hydrogen-bond acceptors (Lipinski definition) is 11. The van der Waals surface area contributed by atoms with Gasteiger partial charge in [-0.05, 0) is 145 Å². The molecule has 3 aliphatic carbocycles. The van der Waals surface area contributed by atoms with E-state index in [0.717, 1.165) is 82.6 Å². The van der Waals surface area contributed by atoms with E-state index in [9.17, 15) is 63.5 Å². The fourth-order valence-electron chi connectivity index (χ4n) is 13.0. The molecule has 103 heavy (non-hydrogen) atoms. The lowest BCUT2D eigenvalue weighted by Gasteiger charge is -2.36. The summed E-state index contributed by atoms with van der Waals surface area (Å²) in [6.45, 7) is 1.22. The highest BCUT2D eigenvalue weighted by molar-refractivity contribution is 5.95. The van der Waals surface area contributed by atoms with E-state index in [-0.39, 0.29) is 66.9 Å². The summed E-state index contributed by atoms with van der Waals surface area (Å²) >= 11 is 0. The lowest BCUT2D eigenvalue weighted by molar-refractivity contribution is -0.193. The summed E-state index contributed by atoms with van der Waals surface area (Å²) in [5.74, 6) is -2.51. The van der Waals surface area contributed by atoms with Crippen LogP contribution in [0.3, 0.4) is 0 Å². The Morgan fingerprint density at radius 1 is 0.330 bits per heavy atom. The van der Waals surface area contributed by atoms with E-state index < -0.39 is 47.5 Å². The molecule has 2 aromatic rings. The van der Waals surface area contributed by atoms with Crippen molar-refractivity contribution in [2.75, 3.05) is 19.6 Å². The Bertz CT molecular complexity index is 2630. The van der Waals surface area contributed by atoms with Crippen molar-refractivity contribution < 1.29 is 93.2 Å². The lowest BCUT2D eigenvalue weighted by Crippen LogP contribution is -2.52. The molecule has 0 bridgehead atoms. The fourth-order valence-corrected chi connectivity index (χ4v) is 13.0. The van der Waals surface area contributed by atoms with E-state index in [1.807, 2.05) is 24.3 Å². The van der Waals surface area contributed by atoms with Crippen molar-refractivity contribution in [2.24, 2.45) is 17.2 Å². The number of carbonyl (C=O) groups is 8. The first-order valence-corrected chi connectivity index (χ1v) is 37.1. The van der Waals surface area contributed by atoms with Gasteiger partial charge in [-0.25, -0.2) is 14.4 Å². The van der Waals surface area contributed by atoms with Crippen molar-refractivity contribution in [1.82, 2.24) is 26.6 Å². The van der Waals surface area contributed by atoms with Crippen molar-refractivity contribution in [1.29, 1.82) is 0 Å². The molecular weight excluding hydrogens is 1360 g/mol. The third kappa shape index (κ3) is 43.2. The van der Waals surface area contributed by atoms with Gasteiger partial charge in [-0.2, -0.15) is 39.5 Å². The van der Waals surface area contributed by atoms with Crippen LogP contribution in [0.15, 0.2) is 48.5 Å². The van der Waals surface area contributed by atoms with Gasteiger partial charge < -0.3 is 59.1 Å². The molecule has 5 rings (SSSR count). The van der Waals surface area contributed by atoms with Crippen LogP contribution in [0, 0.1) is 11.8 Å². The van der Waals surface area contributed by atoms with Gasteiger partial charge in [0.1, 0.15) is 0 Å². The molecule has 0 spiro atoms. The minimum absolute atomic E-state index is 0.0403. The Labute approximate surface area is 601 Å². The monoisotopic (exact) mass is 1470 g/mol. The summed E-state index contributed by atoms with van der Waals surface area (Å²) in [4.78, 5) is 97.6. The number of rotatable bonds is 22. The zero-order valence-electron chi connectivity index (χ0n) is 59.9. The van der Waals surface area contributed by atoms with Gasteiger partial charge in [-0.3, -0.25) is 24.0 Å². The van der Waals surface area contributed by atoms with Gasteiger partial charge in [-0.1, -0.05) is 185 Å². The maximum atomic E-state index is 14.8. The summed E-state index contributed by atoms with van der Waals surface area (Å²) in [6, 6.07) is 14.6. The van der Waals surface area contributed by atoms with E-state index in [1.54, 1.807) is 24.3 Å². The van der Waals surface area contributed by atoms with Gasteiger partial charge in [-0.15, -0.1) is 0 Å². The first-order valence-electron chi connectivity index (χ1n) is 37.1. The van der Waals surface area contributed by atoms with Crippen LogP contribution >= 0.6 is 0 Å². The molecule has 28 heteroatoms. The number of hydrogen-bond donors (Lipinski definition) is 11. The number of amides is 5. The number of nitrogens with two attached hydrogens (primary N) is 3. The highest BCUT2D eigenvalue weighted by Crippen LogP contribution is 2.30. The third-order valence-electron chi connectivity index (χ3n) is 18.9. The van der Waals surface area contributed by atoms with Crippen LogP contribution in [0.25, 0.3) is 0 Å². The third-order valence-corrected chi connectivity index (χ3v) is 18.9. The second-order valence-corrected chi connectivity index (χ2v) is 27.5. The molecule has 0 saturated heterocycles. The molecule has 0 aliphatic heterocycles. The van der Waals surface area contributed by atoms with Crippen LogP contribution in [0.4, 0.5) is 39.5 Å². The molecule has 5 amide bonds. The Morgan fingerprint density at radius 3 is 0.699 bits per heavy atom. The maximum absolute atomic E-state index is 14.8. The van der Waals surface area contributed by atoms with E-state index in [2.05, 4.69) is 38.4 Å². The fraction of sp³-hybridized carbons (Fsp3) is 0.707. The largest absolute Gasteiger partial charge is 0.490 e. The van der Waals surface area contributed by atoms with Crippen molar-refractivity contribution >= 4 is 47.4 Å². The molecule has 3 saturated carbocycles. The molecule has 2 aromatic carbocycles. The molecule has 0 aromatic heterocycles. The van der Waals surface area contributed by atoms with Crippen molar-refractivity contribution in [3.8, 4) is 11.8 Å². The molecule has 0 unspecified atom stereocenters. The number of carbonyl (C=O) groups excluding carboxylic acids is 5. The highest BCUT2D eigenvalue weighted by atomic mass is 19.4. The summed E-state index contributed by atoms with van der Waals surface area (Å²) in [6.07, 6.45) is 26.4. The first-order chi connectivity index (χ1) is 48.9. The lowest BCUT2D eigenvalue weighted by atomic mass is 9.82. The number of carboxylic acids is 3. The highest BCUT2D eigenvalue weighted by Gasteiger charge is 2.40. The van der Waals surface area contributed by atoms with Gasteiger partial charge >= 0.3 is 36.4 Å². The molecule has 0 atom stereocenters. The predicted molar refractivity (Wildman–Crippen MR) is 377 cm³/mol. The van der Waals surface area contributed by atoms with E-state index in [0.29, 0.717) is 74.8 Å². The predicted octanol–water partition coefficient (Wildman–Crippen LogP) is 14.7. The van der Waals surface area contributed by atoms with Crippen LogP contribution in [0.1, 0.15) is 302 Å². The summed E-state index contributed by atoms with van der Waals surface area (Å²) in [7, 11) is 0. The van der Waals surface area contributed by atoms with Crippen molar-refractivity contribution in [2.45, 2.75) is 317 Å². The quantitative estimate of drug-likeness (QED) is 0.0386. The van der Waals surface area contributed by atoms with Gasteiger partial charge in [0.15, 0.2) is 0 Å². The molecule has 3 fully saturated rings. The van der Waals surface area contributed by atoms with Gasteiger partial charge in [0, 0.05) is 70.7 Å². The molecule has 0 heterocycles. The maximum Gasteiger partial charge on any atom is 0.490 e. The second-order valence-electron chi connectivity index (χ2n) is 27.5. The Balaban J connectivity index is 0.00000148. The van der Waals surface area contributed by atoms with Gasteiger partial charge in [0.2, 0.25) is 17.7 Å². The van der Waals surface area contributed by atoms with Crippen LogP contribution in [-0.4, -0.2) is 130 Å². The Hall–Kier alpha value is -6.99. The molecule has 584 valence electrons.